The maximum Gasteiger partial charge on any atom is 0.320 e. The number of carbonyl (C=O) groups excluding carboxylic acids is 1. The fourth-order valence-electron chi connectivity index (χ4n) is 2.32. The highest BCUT2D eigenvalue weighted by molar-refractivity contribution is 9.10. The molecule has 1 heterocycles. The van der Waals surface area contributed by atoms with Crippen molar-refractivity contribution < 1.29 is 23.5 Å². The number of nitrogens with zero attached hydrogens (tertiary/aromatic N) is 1. The van der Waals surface area contributed by atoms with E-state index in [9.17, 15) is 18.4 Å². The summed E-state index contributed by atoms with van der Waals surface area (Å²) in [5.74, 6) is -3.18. The number of carboxylic acids is 1. The van der Waals surface area contributed by atoms with E-state index in [1.807, 2.05) is 0 Å². The first-order valence-electron chi connectivity index (χ1n) is 6.29. The van der Waals surface area contributed by atoms with Crippen LogP contribution < -0.4 is 5.32 Å². The standard InChI is InChI=1S/C13H13BrF2N2O3/c14-8-4-7(15)5-9(16)12(8)17-11(19)6-18-3-1-2-10(18)13(20)21/h4-5,10H,1-3,6H2,(H,17,19)(H,20,21)/t10-/m0/s1. The summed E-state index contributed by atoms with van der Waals surface area (Å²) in [6.07, 6.45) is 1.18. The lowest BCUT2D eigenvalue weighted by atomic mass is 10.2. The Hall–Kier alpha value is -1.54. The van der Waals surface area contributed by atoms with E-state index < -0.39 is 29.6 Å². The van der Waals surface area contributed by atoms with E-state index in [2.05, 4.69) is 21.2 Å². The van der Waals surface area contributed by atoms with E-state index in [-0.39, 0.29) is 16.7 Å². The molecule has 0 saturated carbocycles. The van der Waals surface area contributed by atoms with Gasteiger partial charge in [-0.25, -0.2) is 8.78 Å². The lowest BCUT2D eigenvalue weighted by Crippen LogP contribution is -2.41. The van der Waals surface area contributed by atoms with Crippen LogP contribution in [0.25, 0.3) is 0 Å². The number of hydrogen-bond acceptors (Lipinski definition) is 3. The van der Waals surface area contributed by atoms with Gasteiger partial charge in [-0.1, -0.05) is 0 Å². The van der Waals surface area contributed by atoms with E-state index >= 15 is 0 Å². The third kappa shape index (κ3) is 3.76. The van der Waals surface area contributed by atoms with Crippen LogP contribution in [-0.4, -0.2) is 41.0 Å². The maximum absolute atomic E-state index is 13.6. The number of carbonyl (C=O) groups is 2. The summed E-state index contributed by atoms with van der Waals surface area (Å²) < 4.78 is 26.6. The van der Waals surface area contributed by atoms with Gasteiger partial charge in [0.2, 0.25) is 5.91 Å². The Bertz CT molecular complexity index is 560. The van der Waals surface area contributed by atoms with Crippen LogP contribution in [0.3, 0.4) is 0 Å². The number of halogens is 3. The molecule has 8 heteroatoms. The van der Waals surface area contributed by atoms with Gasteiger partial charge in [0.05, 0.1) is 12.2 Å². The van der Waals surface area contributed by atoms with Gasteiger partial charge < -0.3 is 10.4 Å². The number of benzene rings is 1. The van der Waals surface area contributed by atoms with E-state index in [1.165, 1.54) is 4.90 Å². The number of hydrogen-bond donors (Lipinski definition) is 2. The van der Waals surface area contributed by atoms with Crippen LogP contribution in [0.5, 0.6) is 0 Å². The minimum absolute atomic E-state index is 0.0876. The third-order valence-electron chi connectivity index (χ3n) is 3.27. The molecule has 0 bridgehead atoms. The van der Waals surface area contributed by atoms with Crippen LogP contribution in [0.1, 0.15) is 12.8 Å². The Morgan fingerprint density at radius 2 is 2.14 bits per heavy atom. The van der Waals surface area contributed by atoms with Gasteiger partial charge in [-0.3, -0.25) is 14.5 Å². The van der Waals surface area contributed by atoms with Gasteiger partial charge in [0.1, 0.15) is 11.9 Å². The molecule has 0 spiro atoms. The number of amides is 1. The topological polar surface area (TPSA) is 69.6 Å². The number of rotatable bonds is 4. The quantitative estimate of drug-likeness (QED) is 0.861. The molecule has 1 atom stereocenters. The summed E-state index contributed by atoms with van der Waals surface area (Å²) in [5.41, 5.74) is -0.160. The number of nitrogens with one attached hydrogen (secondary N) is 1. The Balaban J connectivity index is 2.04. The normalized spacial score (nSPS) is 18.7. The molecule has 1 amide bonds. The zero-order chi connectivity index (χ0) is 15.6. The van der Waals surface area contributed by atoms with Crippen molar-refractivity contribution in [2.24, 2.45) is 0 Å². The second-order valence-corrected chi connectivity index (χ2v) is 5.61. The molecular weight excluding hydrogens is 350 g/mol. The van der Waals surface area contributed by atoms with Crippen molar-refractivity contribution in [3.63, 3.8) is 0 Å². The molecule has 2 rings (SSSR count). The summed E-state index contributed by atoms with van der Waals surface area (Å²) in [4.78, 5) is 24.4. The first kappa shape index (κ1) is 15.8. The predicted octanol–water partition coefficient (Wildman–Crippen LogP) is 2.21. The molecule has 5 nitrogen and oxygen atoms in total. The number of aliphatic carboxylic acids is 1. The van der Waals surface area contributed by atoms with E-state index in [1.54, 1.807) is 0 Å². The summed E-state index contributed by atoms with van der Waals surface area (Å²) >= 11 is 2.97. The Morgan fingerprint density at radius 1 is 1.43 bits per heavy atom. The molecule has 0 unspecified atom stereocenters. The molecule has 1 aromatic carbocycles. The lowest BCUT2D eigenvalue weighted by molar-refractivity contribution is -0.142. The van der Waals surface area contributed by atoms with Gasteiger partial charge in [-0.2, -0.15) is 0 Å². The Morgan fingerprint density at radius 3 is 2.76 bits per heavy atom. The van der Waals surface area contributed by atoms with Crippen molar-refractivity contribution in [2.75, 3.05) is 18.4 Å². The summed E-state index contributed by atoms with van der Waals surface area (Å²) in [5, 5.41) is 11.4. The first-order valence-corrected chi connectivity index (χ1v) is 7.09. The van der Waals surface area contributed by atoms with Crippen LogP contribution >= 0.6 is 15.9 Å². The van der Waals surface area contributed by atoms with E-state index in [4.69, 9.17) is 5.11 Å². The van der Waals surface area contributed by atoms with Crippen molar-refractivity contribution >= 4 is 33.5 Å². The number of likely N-dealkylation sites (tertiary alicyclic amines) is 1. The molecule has 0 radical (unpaired) electrons. The monoisotopic (exact) mass is 362 g/mol. The van der Waals surface area contributed by atoms with Crippen LogP contribution in [0.2, 0.25) is 0 Å². The molecule has 0 aliphatic carbocycles. The Labute approximate surface area is 128 Å². The molecule has 1 fully saturated rings. The molecule has 21 heavy (non-hydrogen) atoms. The number of anilines is 1. The predicted molar refractivity (Wildman–Crippen MR) is 74.9 cm³/mol. The second kappa shape index (κ2) is 6.48. The lowest BCUT2D eigenvalue weighted by Gasteiger charge is -2.20. The third-order valence-corrected chi connectivity index (χ3v) is 3.89. The average Bonchev–Trinajstić information content (AvgIpc) is 2.82. The molecule has 1 saturated heterocycles. The van der Waals surface area contributed by atoms with Gasteiger partial charge in [0, 0.05) is 10.5 Å². The zero-order valence-corrected chi connectivity index (χ0v) is 12.5. The van der Waals surface area contributed by atoms with Crippen LogP contribution in [0.15, 0.2) is 16.6 Å². The van der Waals surface area contributed by atoms with E-state index in [0.717, 1.165) is 6.07 Å². The smallest absolute Gasteiger partial charge is 0.320 e. The van der Waals surface area contributed by atoms with Crippen molar-refractivity contribution in [1.82, 2.24) is 4.90 Å². The van der Waals surface area contributed by atoms with Crippen LogP contribution in [0, 0.1) is 11.6 Å². The minimum atomic E-state index is -0.977. The fourth-order valence-corrected chi connectivity index (χ4v) is 2.83. The molecule has 1 aliphatic heterocycles. The van der Waals surface area contributed by atoms with Crippen molar-refractivity contribution in [3.05, 3.63) is 28.2 Å². The summed E-state index contributed by atoms with van der Waals surface area (Å²) in [7, 11) is 0. The molecule has 0 aromatic heterocycles. The van der Waals surface area contributed by atoms with Gasteiger partial charge in [0.15, 0.2) is 5.82 Å². The fraction of sp³-hybridized carbons (Fsp3) is 0.385. The summed E-state index contributed by atoms with van der Waals surface area (Å²) in [6.45, 7) is 0.345. The average molecular weight is 363 g/mol. The van der Waals surface area contributed by atoms with Crippen LogP contribution in [-0.2, 0) is 9.59 Å². The van der Waals surface area contributed by atoms with Crippen molar-refractivity contribution in [3.8, 4) is 0 Å². The highest BCUT2D eigenvalue weighted by Gasteiger charge is 2.31. The molecule has 114 valence electrons. The Kier molecular flexibility index (Phi) is 4.89. The van der Waals surface area contributed by atoms with Gasteiger partial charge in [0.25, 0.3) is 0 Å². The SMILES string of the molecule is O=C(CN1CCC[C@H]1C(=O)O)Nc1c(F)cc(F)cc1Br. The van der Waals surface area contributed by atoms with Gasteiger partial charge in [-0.15, -0.1) is 0 Å². The van der Waals surface area contributed by atoms with Gasteiger partial charge >= 0.3 is 5.97 Å². The van der Waals surface area contributed by atoms with Crippen LogP contribution in [0.4, 0.5) is 14.5 Å². The van der Waals surface area contributed by atoms with Crippen molar-refractivity contribution in [2.45, 2.75) is 18.9 Å². The zero-order valence-electron chi connectivity index (χ0n) is 10.9. The minimum Gasteiger partial charge on any atom is -0.480 e. The molecule has 1 aliphatic rings. The van der Waals surface area contributed by atoms with Crippen molar-refractivity contribution in [1.29, 1.82) is 0 Å². The largest absolute Gasteiger partial charge is 0.480 e. The maximum atomic E-state index is 13.6. The number of carboxylic acid groups (broad SMARTS) is 1. The summed E-state index contributed by atoms with van der Waals surface area (Å²) in [6, 6.07) is 1.00. The second-order valence-electron chi connectivity index (χ2n) is 4.76. The first-order chi connectivity index (χ1) is 9.88. The molecule has 1 aromatic rings. The molecular formula is C13H13BrF2N2O3. The van der Waals surface area contributed by atoms with Gasteiger partial charge in [-0.05, 0) is 41.4 Å². The van der Waals surface area contributed by atoms with E-state index in [0.29, 0.717) is 25.5 Å². The molecule has 2 N–H and O–H groups in total. The highest BCUT2D eigenvalue weighted by Crippen LogP contribution is 2.27. The highest BCUT2D eigenvalue weighted by atomic mass is 79.9.